The molecule has 0 saturated heterocycles. The second-order valence-corrected chi connectivity index (χ2v) is 5.22. The Morgan fingerprint density at radius 2 is 1.84 bits per heavy atom. The van der Waals surface area contributed by atoms with Gasteiger partial charge >= 0.3 is 22.4 Å². The third kappa shape index (κ3) is 7.74. The molecule has 0 atom stereocenters. The van der Waals surface area contributed by atoms with E-state index in [9.17, 15) is 9.59 Å². The second kappa shape index (κ2) is 10.5. The fourth-order valence-electron chi connectivity index (χ4n) is 1.45. The summed E-state index contributed by atoms with van der Waals surface area (Å²) in [5.74, 6) is 1.09. The van der Waals surface area contributed by atoms with E-state index in [1.165, 1.54) is 0 Å². The zero-order valence-corrected chi connectivity index (χ0v) is 14.4. The maximum Gasteiger partial charge on any atom is 1.00 e. The van der Waals surface area contributed by atoms with Gasteiger partial charge in [-0.3, -0.25) is 4.79 Å². The van der Waals surface area contributed by atoms with Crippen molar-refractivity contribution in [1.29, 1.82) is 0 Å². The number of amides is 1. The molecule has 108 valence electrons. The zero-order chi connectivity index (χ0) is 13.4. The second-order valence-electron chi connectivity index (χ2n) is 3.86. The van der Waals surface area contributed by atoms with Crippen molar-refractivity contribution in [3.05, 3.63) is 29.8 Å². The van der Waals surface area contributed by atoms with Crippen LogP contribution in [0.25, 0.3) is 0 Å². The first-order valence-electron chi connectivity index (χ1n) is 5.73. The van der Waals surface area contributed by atoms with Crippen molar-refractivity contribution in [1.82, 2.24) is 0 Å². The average molecular weight is 479 g/mol. The Kier molecular flexibility index (Phi) is 10.3. The van der Waals surface area contributed by atoms with Crippen molar-refractivity contribution in [2.24, 2.45) is 0 Å². The standard InChI is InChI=1S/C13H17NO2S2.Au/c1-18-9-3-2-4-12(15)14-11-7-5-10(6-8-11)13(16)17;/h5-8H,2-4,9H2,1H3,(H,14,15)(H,16,17);/q;+1/p-1. The smallest absolute Gasteiger partial charge is 0.737 e. The van der Waals surface area contributed by atoms with Gasteiger partial charge < -0.3 is 22.7 Å². The van der Waals surface area contributed by atoms with Gasteiger partial charge in [0.2, 0.25) is 5.91 Å². The molecular formula is C13H16AuNO2S2. The summed E-state index contributed by atoms with van der Waals surface area (Å²) < 4.78 is 0. The minimum absolute atomic E-state index is 0. The molecule has 6 heteroatoms. The molecule has 0 radical (unpaired) electrons. The van der Waals surface area contributed by atoms with E-state index in [1.807, 2.05) is 0 Å². The van der Waals surface area contributed by atoms with Gasteiger partial charge in [-0.1, -0.05) is 12.1 Å². The Hall–Kier alpha value is -0.330. The molecule has 0 fully saturated rings. The van der Waals surface area contributed by atoms with Crippen LogP contribution in [0.5, 0.6) is 0 Å². The third-order valence-corrected chi connectivity index (χ3v) is 3.34. The largest absolute Gasteiger partial charge is 1.00 e. The summed E-state index contributed by atoms with van der Waals surface area (Å²) >= 11 is 6.32. The van der Waals surface area contributed by atoms with E-state index in [4.69, 9.17) is 0 Å². The van der Waals surface area contributed by atoms with Crippen molar-refractivity contribution in [2.45, 2.75) is 19.3 Å². The molecule has 3 nitrogen and oxygen atoms in total. The van der Waals surface area contributed by atoms with E-state index in [-0.39, 0.29) is 33.4 Å². The van der Waals surface area contributed by atoms with Crippen LogP contribution in [0, 0.1) is 0 Å². The summed E-state index contributed by atoms with van der Waals surface area (Å²) in [6, 6.07) is 6.63. The topological polar surface area (TPSA) is 46.2 Å². The van der Waals surface area contributed by atoms with Gasteiger partial charge in [0.25, 0.3) is 0 Å². The predicted molar refractivity (Wildman–Crippen MR) is 79.0 cm³/mol. The summed E-state index contributed by atoms with van der Waals surface area (Å²) in [6.07, 6.45) is 4.54. The summed E-state index contributed by atoms with van der Waals surface area (Å²) in [6.45, 7) is 0. The van der Waals surface area contributed by atoms with Gasteiger partial charge in [-0.05, 0) is 42.5 Å². The Labute approximate surface area is 139 Å². The maximum atomic E-state index is 11.6. The minimum Gasteiger partial charge on any atom is -0.737 e. The molecule has 1 aromatic carbocycles. The number of nitrogens with one attached hydrogen (secondary N) is 1. The van der Waals surface area contributed by atoms with E-state index in [0.717, 1.165) is 18.6 Å². The Bertz CT molecular complexity index is 410. The van der Waals surface area contributed by atoms with E-state index in [0.29, 0.717) is 17.7 Å². The van der Waals surface area contributed by atoms with Crippen LogP contribution in [-0.2, 0) is 39.8 Å². The first-order valence-corrected chi connectivity index (χ1v) is 7.54. The number of thioether (sulfide) groups is 1. The minimum atomic E-state index is -0.384. The molecule has 0 aliphatic carbocycles. The fourth-order valence-corrected chi connectivity index (χ4v) is 2.07. The molecule has 19 heavy (non-hydrogen) atoms. The van der Waals surface area contributed by atoms with Crippen LogP contribution in [0.15, 0.2) is 24.3 Å². The van der Waals surface area contributed by atoms with Crippen molar-refractivity contribution in [3.8, 4) is 0 Å². The van der Waals surface area contributed by atoms with Crippen molar-refractivity contribution < 1.29 is 32.0 Å². The number of anilines is 1. The molecule has 0 bridgehead atoms. The number of carbonyl (C=O) groups excluding carboxylic acids is 2. The van der Waals surface area contributed by atoms with E-state index >= 15 is 0 Å². The van der Waals surface area contributed by atoms with E-state index in [2.05, 4.69) is 24.2 Å². The summed E-state index contributed by atoms with van der Waals surface area (Å²) in [7, 11) is 0. The van der Waals surface area contributed by atoms with Gasteiger partial charge in [-0.25, -0.2) is 0 Å². The summed E-state index contributed by atoms with van der Waals surface area (Å²) in [4.78, 5) is 22.5. The van der Waals surface area contributed by atoms with Gasteiger partial charge in [-0.2, -0.15) is 11.8 Å². The van der Waals surface area contributed by atoms with Gasteiger partial charge in [0.05, 0.1) is 0 Å². The molecule has 0 heterocycles. The average Bonchev–Trinajstić information content (AvgIpc) is 2.35. The SMILES string of the molecule is CSCCCCC(=O)Nc1ccc(C(=O)[S-])cc1.[Au+]. The number of hydrogen-bond donors (Lipinski definition) is 1. The van der Waals surface area contributed by atoms with Gasteiger partial charge in [0.15, 0.2) is 0 Å². The molecule has 0 aliphatic heterocycles. The summed E-state index contributed by atoms with van der Waals surface area (Å²) in [5.41, 5.74) is 1.17. The van der Waals surface area contributed by atoms with Crippen LogP contribution in [0.1, 0.15) is 29.6 Å². The van der Waals surface area contributed by atoms with E-state index in [1.54, 1.807) is 36.0 Å². The Morgan fingerprint density at radius 3 is 2.37 bits per heavy atom. The molecule has 0 aliphatic rings. The normalized spacial score (nSPS) is 9.53. The van der Waals surface area contributed by atoms with E-state index < -0.39 is 0 Å². The molecule has 1 N–H and O–H groups in total. The molecule has 0 unspecified atom stereocenters. The number of benzene rings is 1. The number of unbranched alkanes of at least 4 members (excludes halogenated alkanes) is 1. The fraction of sp³-hybridized carbons (Fsp3) is 0.385. The van der Waals surface area contributed by atoms with Crippen LogP contribution in [0.2, 0.25) is 0 Å². The molecule has 1 aromatic rings. The van der Waals surface area contributed by atoms with Gasteiger partial charge in [0.1, 0.15) is 0 Å². The number of rotatable bonds is 7. The Balaban J connectivity index is 0.00000324. The first-order chi connectivity index (χ1) is 8.63. The van der Waals surface area contributed by atoms with Crippen LogP contribution in [0.3, 0.4) is 0 Å². The first kappa shape index (κ1) is 18.7. The van der Waals surface area contributed by atoms with Crippen molar-refractivity contribution in [3.63, 3.8) is 0 Å². The number of hydrogen-bond acceptors (Lipinski definition) is 4. The van der Waals surface area contributed by atoms with Crippen molar-refractivity contribution in [2.75, 3.05) is 17.3 Å². The molecule has 1 amide bonds. The Morgan fingerprint density at radius 1 is 1.21 bits per heavy atom. The quantitative estimate of drug-likeness (QED) is 0.371. The molecule has 0 aromatic heterocycles. The third-order valence-electron chi connectivity index (χ3n) is 2.41. The van der Waals surface area contributed by atoms with Crippen LogP contribution >= 0.6 is 11.8 Å². The van der Waals surface area contributed by atoms with Crippen LogP contribution in [0.4, 0.5) is 5.69 Å². The van der Waals surface area contributed by atoms with Crippen LogP contribution < -0.4 is 5.32 Å². The molecule has 0 spiro atoms. The maximum absolute atomic E-state index is 11.6. The van der Waals surface area contributed by atoms with Gasteiger partial charge in [0, 0.05) is 17.2 Å². The zero-order valence-electron chi connectivity index (χ0n) is 10.6. The molecule has 1 rings (SSSR count). The van der Waals surface area contributed by atoms with Crippen LogP contribution in [-0.4, -0.2) is 23.0 Å². The van der Waals surface area contributed by atoms with Crippen molar-refractivity contribution >= 4 is 41.1 Å². The predicted octanol–water partition coefficient (Wildman–Crippen LogP) is 2.84. The monoisotopic (exact) mass is 479 g/mol. The molecular weight excluding hydrogens is 463 g/mol. The van der Waals surface area contributed by atoms with Gasteiger partial charge in [-0.15, -0.1) is 0 Å². The molecule has 0 saturated carbocycles. The summed E-state index contributed by atoms with van der Waals surface area (Å²) in [5, 5.41) is 2.41. The number of carbonyl (C=O) groups is 2.